The molecule has 38 heavy (non-hydrogen) atoms. The molecule has 0 aliphatic heterocycles. The summed E-state index contributed by atoms with van der Waals surface area (Å²) in [4.78, 5) is 51.0. The summed E-state index contributed by atoms with van der Waals surface area (Å²) >= 11 is 12.2. The second kappa shape index (κ2) is 14.0. The number of rotatable bonds is 9. The van der Waals surface area contributed by atoms with E-state index in [0.717, 1.165) is 24.8 Å². The van der Waals surface area contributed by atoms with Crippen molar-refractivity contribution in [2.24, 2.45) is 0 Å². The quantitative estimate of drug-likeness (QED) is 0.187. The van der Waals surface area contributed by atoms with E-state index in [0.29, 0.717) is 24.1 Å². The van der Waals surface area contributed by atoms with Crippen LogP contribution in [-0.2, 0) is 30.3 Å². The van der Waals surface area contributed by atoms with E-state index in [1.54, 1.807) is 49.4 Å². The molecule has 0 radical (unpaired) electrons. The van der Waals surface area contributed by atoms with Gasteiger partial charge in [-0.3, -0.25) is 9.59 Å². The summed E-state index contributed by atoms with van der Waals surface area (Å²) in [5.41, 5.74) is 2.06. The lowest BCUT2D eigenvalue weighted by Gasteiger charge is -2.21. The van der Waals surface area contributed by atoms with Gasteiger partial charge in [0.2, 0.25) is 0 Å². The van der Waals surface area contributed by atoms with Crippen molar-refractivity contribution < 1.29 is 28.7 Å². The summed E-state index contributed by atoms with van der Waals surface area (Å²) in [5, 5.41) is 5.86. The summed E-state index contributed by atoms with van der Waals surface area (Å²) in [7, 11) is 1.23. The highest BCUT2D eigenvalue weighted by Crippen LogP contribution is 2.27. The van der Waals surface area contributed by atoms with Crippen LogP contribution in [0.15, 0.2) is 53.6 Å². The number of nitrogens with one attached hydrogen (secondary N) is 2. The third kappa shape index (κ3) is 7.58. The fourth-order valence-corrected chi connectivity index (χ4v) is 4.83. The van der Waals surface area contributed by atoms with Gasteiger partial charge in [0, 0.05) is 12.1 Å². The highest BCUT2D eigenvalue weighted by Gasteiger charge is 2.30. The molecule has 2 amide bonds. The average molecular weight is 561 g/mol. The number of esters is 2. The molecule has 202 valence electrons. The standard InChI is InChI=1S/C28H30Cl2N2O6/c1-3-38-28(36)23(18-8-5-4-6-9-18)25(33)32-22(27(35)37-2)16-17-12-14-19(15-13-17)31-26(34)24-20(29)10-7-11-21(24)30/h7,10-15,22H,3-6,8-9,16H2,1-2H3,(H,31,34)(H,32,33). The molecule has 3 rings (SSSR count). The Morgan fingerprint density at radius 3 is 2.16 bits per heavy atom. The maximum atomic E-state index is 13.2. The second-order valence-electron chi connectivity index (χ2n) is 8.76. The van der Waals surface area contributed by atoms with Crippen LogP contribution in [-0.4, -0.2) is 43.5 Å². The van der Waals surface area contributed by atoms with Gasteiger partial charge in [-0.2, -0.15) is 0 Å². The lowest BCUT2D eigenvalue weighted by molar-refractivity contribution is -0.146. The Bertz CT molecular complexity index is 1200. The van der Waals surface area contributed by atoms with Crippen molar-refractivity contribution in [3.05, 3.63) is 74.8 Å². The van der Waals surface area contributed by atoms with Crippen LogP contribution in [0.2, 0.25) is 10.0 Å². The van der Waals surface area contributed by atoms with Gasteiger partial charge in [0.05, 0.1) is 29.3 Å². The molecule has 1 fully saturated rings. The lowest BCUT2D eigenvalue weighted by atomic mass is 9.90. The lowest BCUT2D eigenvalue weighted by Crippen LogP contribution is -2.45. The van der Waals surface area contributed by atoms with Gasteiger partial charge in [-0.15, -0.1) is 0 Å². The molecule has 1 aliphatic rings. The molecule has 0 spiro atoms. The minimum absolute atomic E-state index is 0.0308. The molecule has 0 aromatic heterocycles. The molecule has 2 aromatic carbocycles. The SMILES string of the molecule is CCOC(=O)C(C(=O)NC(Cc1ccc(NC(=O)c2c(Cl)cccc2Cl)cc1)C(=O)OC)=C1CCCCC1. The van der Waals surface area contributed by atoms with Crippen molar-refractivity contribution in [2.75, 3.05) is 19.0 Å². The van der Waals surface area contributed by atoms with Gasteiger partial charge in [-0.25, -0.2) is 9.59 Å². The molecule has 8 nitrogen and oxygen atoms in total. The first-order valence-electron chi connectivity index (χ1n) is 12.4. The zero-order valence-corrected chi connectivity index (χ0v) is 22.8. The Hall–Kier alpha value is -3.36. The van der Waals surface area contributed by atoms with E-state index in [9.17, 15) is 19.2 Å². The number of allylic oxidation sites excluding steroid dienone is 1. The molecule has 2 N–H and O–H groups in total. The van der Waals surface area contributed by atoms with Crippen molar-refractivity contribution >= 4 is 52.6 Å². The zero-order valence-electron chi connectivity index (χ0n) is 21.3. The predicted octanol–water partition coefficient (Wildman–Crippen LogP) is 5.27. The summed E-state index contributed by atoms with van der Waals surface area (Å²) in [6.45, 7) is 1.81. The number of benzene rings is 2. The monoisotopic (exact) mass is 560 g/mol. The van der Waals surface area contributed by atoms with E-state index in [4.69, 9.17) is 32.7 Å². The summed E-state index contributed by atoms with van der Waals surface area (Å²) in [6, 6.07) is 10.5. The molecule has 10 heteroatoms. The normalized spacial score (nSPS) is 13.7. The van der Waals surface area contributed by atoms with Crippen LogP contribution in [0.1, 0.15) is 54.9 Å². The number of hydrogen-bond acceptors (Lipinski definition) is 6. The van der Waals surface area contributed by atoms with Crippen molar-refractivity contribution in [2.45, 2.75) is 51.5 Å². The third-order valence-corrected chi connectivity index (χ3v) is 6.78. The smallest absolute Gasteiger partial charge is 0.343 e. The molecule has 0 heterocycles. The van der Waals surface area contributed by atoms with Crippen LogP contribution in [0.4, 0.5) is 5.69 Å². The first-order chi connectivity index (χ1) is 18.2. The van der Waals surface area contributed by atoms with Crippen LogP contribution < -0.4 is 10.6 Å². The molecule has 1 atom stereocenters. The van der Waals surface area contributed by atoms with Gasteiger partial charge in [0.25, 0.3) is 11.8 Å². The minimum atomic E-state index is -1.04. The number of amides is 2. The number of carbonyl (C=O) groups is 4. The molecular formula is C28H30Cl2N2O6. The van der Waals surface area contributed by atoms with Gasteiger partial charge in [-0.05, 0) is 62.4 Å². The predicted molar refractivity (Wildman–Crippen MR) is 145 cm³/mol. The van der Waals surface area contributed by atoms with Gasteiger partial charge < -0.3 is 20.1 Å². The van der Waals surface area contributed by atoms with Crippen LogP contribution in [0, 0.1) is 0 Å². The van der Waals surface area contributed by atoms with Gasteiger partial charge >= 0.3 is 11.9 Å². The highest BCUT2D eigenvalue weighted by atomic mass is 35.5. The van der Waals surface area contributed by atoms with E-state index in [2.05, 4.69) is 10.6 Å². The second-order valence-corrected chi connectivity index (χ2v) is 9.58. The summed E-state index contributed by atoms with van der Waals surface area (Å²) in [5.74, 6) is -2.46. The number of ether oxygens (including phenoxy) is 2. The van der Waals surface area contributed by atoms with Gasteiger partial charge in [0.15, 0.2) is 0 Å². The Kier molecular flexibility index (Phi) is 10.7. The Balaban J connectivity index is 1.74. The largest absolute Gasteiger partial charge is 0.467 e. The van der Waals surface area contributed by atoms with E-state index < -0.39 is 29.8 Å². The van der Waals surface area contributed by atoms with E-state index in [1.165, 1.54) is 7.11 Å². The number of anilines is 1. The molecule has 1 unspecified atom stereocenters. The fourth-order valence-electron chi connectivity index (χ4n) is 4.26. The van der Waals surface area contributed by atoms with E-state index in [-0.39, 0.29) is 34.2 Å². The summed E-state index contributed by atoms with van der Waals surface area (Å²) < 4.78 is 10.0. The maximum absolute atomic E-state index is 13.2. The number of halogens is 2. The van der Waals surface area contributed by atoms with Crippen molar-refractivity contribution in [1.29, 1.82) is 0 Å². The Morgan fingerprint density at radius 2 is 1.58 bits per heavy atom. The molecule has 2 aromatic rings. The molecule has 1 aliphatic carbocycles. The maximum Gasteiger partial charge on any atom is 0.343 e. The molecule has 0 bridgehead atoms. The molecular weight excluding hydrogens is 531 g/mol. The number of hydrogen-bond donors (Lipinski definition) is 2. The first-order valence-corrected chi connectivity index (χ1v) is 13.1. The first kappa shape index (κ1) is 29.2. The minimum Gasteiger partial charge on any atom is -0.467 e. The third-order valence-electron chi connectivity index (χ3n) is 6.15. The Morgan fingerprint density at radius 1 is 0.947 bits per heavy atom. The van der Waals surface area contributed by atoms with E-state index >= 15 is 0 Å². The van der Waals surface area contributed by atoms with Crippen molar-refractivity contribution in [3.8, 4) is 0 Å². The molecule has 1 saturated carbocycles. The highest BCUT2D eigenvalue weighted by molar-refractivity contribution is 6.40. The van der Waals surface area contributed by atoms with Gasteiger partial charge in [0.1, 0.15) is 11.6 Å². The fraction of sp³-hybridized carbons (Fsp3) is 0.357. The van der Waals surface area contributed by atoms with Crippen LogP contribution >= 0.6 is 23.2 Å². The van der Waals surface area contributed by atoms with Crippen LogP contribution in [0.3, 0.4) is 0 Å². The Labute approximate surface area is 231 Å². The zero-order chi connectivity index (χ0) is 27.7. The summed E-state index contributed by atoms with van der Waals surface area (Å²) in [6.07, 6.45) is 4.19. The van der Waals surface area contributed by atoms with Crippen molar-refractivity contribution in [1.82, 2.24) is 5.32 Å². The van der Waals surface area contributed by atoms with Gasteiger partial charge in [-0.1, -0.05) is 53.4 Å². The number of methoxy groups -OCH3 is 1. The van der Waals surface area contributed by atoms with Crippen LogP contribution in [0.25, 0.3) is 0 Å². The average Bonchev–Trinajstić information content (AvgIpc) is 2.89. The molecule has 0 saturated heterocycles. The topological polar surface area (TPSA) is 111 Å². The van der Waals surface area contributed by atoms with Crippen LogP contribution in [0.5, 0.6) is 0 Å². The van der Waals surface area contributed by atoms with E-state index in [1.807, 2.05) is 0 Å². The number of carbonyl (C=O) groups excluding carboxylic acids is 4. The van der Waals surface area contributed by atoms with Crippen molar-refractivity contribution in [3.63, 3.8) is 0 Å².